The van der Waals surface area contributed by atoms with Crippen LogP contribution >= 0.6 is 23.4 Å². The standard InChI is InChI=1S/C24H22ClN5O5S/c1-11-4-3-5-15(12(11)2)26-17(31)10-16-20(32)30-24(36-16)27-19(13-6-8-14(25)9-7-13)18-21(33)28-23(35)29-22(18)34/h3-9,16,19H,10H2,1-2H3,(H,26,31)(H,27,30,32)(H3,28,29,33,34,35)/t16-,19-/m0/s1. The van der Waals surface area contributed by atoms with Crippen molar-refractivity contribution in [3.8, 4) is 5.88 Å². The summed E-state index contributed by atoms with van der Waals surface area (Å²) in [6, 6.07) is 10.9. The molecule has 0 unspecified atom stereocenters. The highest BCUT2D eigenvalue weighted by Crippen LogP contribution is 2.32. The van der Waals surface area contributed by atoms with Crippen LogP contribution in [0, 0.1) is 13.8 Å². The molecule has 2 atom stereocenters. The highest BCUT2D eigenvalue weighted by atomic mass is 35.5. The SMILES string of the molecule is Cc1cccc(NC(=O)C[C@@H]2SC(=N[C@@H](c3ccc(Cl)cc3)c3c(O)[nH]c(=O)[nH]c3=O)NC2=O)c1C. The molecule has 1 aliphatic heterocycles. The van der Waals surface area contributed by atoms with Gasteiger partial charge in [-0.2, -0.15) is 0 Å². The molecule has 1 saturated heterocycles. The van der Waals surface area contributed by atoms with E-state index in [9.17, 15) is 24.3 Å². The number of aryl methyl sites for hydroxylation is 1. The molecule has 0 radical (unpaired) electrons. The number of H-pyrrole nitrogens is 2. The molecule has 2 aromatic carbocycles. The molecule has 1 aliphatic rings. The summed E-state index contributed by atoms with van der Waals surface area (Å²) in [5, 5.41) is 15.6. The number of amides is 2. The Morgan fingerprint density at radius 1 is 1.14 bits per heavy atom. The number of anilines is 1. The molecule has 12 heteroatoms. The number of aliphatic imine (C=N–C) groups is 1. The van der Waals surface area contributed by atoms with Gasteiger partial charge in [-0.1, -0.05) is 47.6 Å². The number of hydrogen-bond donors (Lipinski definition) is 5. The van der Waals surface area contributed by atoms with Gasteiger partial charge in [-0.15, -0.1) is 0 Å². The van der Waals surface area contributed by atoms with Gasteiger partial charge in [0.25, 0.3) is 5.56 Å². The topological polar surface area (TPSA) is 157 Å². The second-order valence-electron chi connectivity index (χ2n) is 8.15. The number of carbonyl (C=O) groups excluding carboxylic acids is 2. The average Bonchev–Trinajstić information content (AvgIpc) is 3.14. The number of carbonyl (C=O) groups is 2. The lowest BCUT2D eigenvalue weighted by atomic mass is 10.0. The van der Waals surface area contributed by atoms with Crippen molar-refractivity contribution in [2.24, 2.45) is 4.99 Å². The van der Waals surface area contributed by atoms with Crippen molar-refractivity contribution in [1.82, 2.24) is 15.3 Å². The Bertz CT molecular complexity index is 1480. The van der Waals surface area contributed by atoms with Crippen LogP contribution in [0.3, 0.4) is 0 Å². The van der Waals surface area contributed by atoms with Crippen LogP contribution in [0.25, 0.3) is 0 Å². The Labute approximate surface area is 214 Å². The van der Waals surface area contributed by atoms with Crippen LogP contribution in [0.15, 0.2) is 57.0 Å². The largest absolute Gasteiger partial charge is 0.494 e. The molecule has 1 aromatic heterocycles. The third kappa shape index (κ3) is 5.52. The maximum atomic E-state index is 12.6. The van der Waals surface area contributed by atoms with Gasteiger partial charge >= 0.3 is 5.69 Å². The third-order valence-electron chi connectivity index (χ3n) is 5.69. The summed E-state index contributed by atoms with van der Waals surface area (Å²) in [5.74, 6) is -1.39. The fraction of sp³-hybridized carbons (Fsp3) is 0.208. The van der Waals surface area contributed by atoms with E-state index in [2.05, 4.69) is 25.6 Å². The van der Waals surface area contributed by atoms with E-state index >= 15 is 0 Å². The fourth-order valence-corrected chi connectivity index (χ4v) is 4.78. The molecule has 2 amide bonds. The second kappa shape index (κ2) is 10.4. The Morgan fingerprint density at radius 3 is 2.56 bits per heavy atom. The number of aromatic nitrogens is 2. The number of benzene rings is 2. The Kier molecular flexibility index (Phi) is 7.32. The van der Waals surface area contributed by atoms with Crippen molar-refractivity contribution in [1.29, 1.82) is 0 Å². The number of amidine groups is 1. The number of aromatic hydroxyl groups is 1. The van der Waals surface area contributed by atoms with E-state index in [4.69, 9.17) is 11.6 Å². The van der Waals surface area contributed by atoms with Crippen LogP contribution < -0.4 is 21.9 Å². The number of hydrogen-bond acceptors (Lipinski definition) is 7. The molecule has 186 valence electrons. The van der Waals surface area contributed by atoms with E-state index in [1.807, 2.05) is 26.0 Å². The Balaban J connectivity index is 1.59. The van der Waals surface area contributed by atoms with Gasteiger partial charge in [0.2, 0.25) is 17.7 Å². The smallest absolute Gasteiger partial charge is 0.328 e. The molecule has 0 saturated carbocycles. The summed E-state index contributed by atoms with van der Waals surface area (Å²) in [6.45, 7) is 3.84. The van der Waals surface area contributed by atoms with Crippen molar-refractivity contribution in [3.63, 3.8) is 0 Å². The van der Waals surface area contributed by atoms with Crippen LogP contribution in [0.2, 0.25) is 5.02 Å². The van der Waals surface area contributed by atoms with Gasteiger partial charge in [0.1, 0.15) is 16.9 Å². The van der Waals surface area contributed by atoms with Gasteiger partial charge in [0.15, 0.2) is 5.17 Å². The van der Waals surface area contributed by atoms with Crippen molar-refractivity contribution < 1.29 is 14.7 Å². The summed E-state index contributed by atoms with van der Waals surface area (Å²) in [5.41, 5.74) is 1.20. The van der Waals surface area contributed by atoms with Crippen molar-refractivity contribution >= 4 is 46.0 Å². The first kappa shape index (κ1) is 25.3. The molecular formula is C24H22ClN5O5S. The van der Waals surface area contributed by atoms with E-state index in [1.54, 1.807) is 30.3 Å². The molecular weight excluding hydrogens is 506 g/mol. The molecule has 4 rings (SSSR count). The molecule has 36 heavy (non-hydrogen) atoms. The molecule has 1 fully saturated rings. The van der Waals surface area contributed by atoms with Crippen molar-refractivity contribution in [2.45, 2.75) is 31.6 Å². The highest BCUT2D eigenvalue weighted by molar-refractivity contribution is 8.15. The number of nitrogens with zero attached hydrogens (tertiary/aromatic N) is 1. The third-order valence-corrected chi connectivity index (χ3v) is 7.04. The van der Waals surface area contributed by atoms with Crippen LogP contribution in [0.4, 0.5) is 5.69 Å². The lowest BCUT2D eigenvalue weighted by Crippen LogP contribution is -2.29. The molecule has 0 bridgehead atoms. The van der Waals surface area contributed by atoms with E-state index in [0.29, 0.717) is 16.3 Å². The van der Waals surface area contributed by atoms with Crippen LogP contribution in [-0.4, -0.2) is 37.3 Å². The summed E-state index contributed by atoms with van der Waals surface area (Å²) in [4.78, 5) is 58.0. The summed E-state index contributed by atoms with van der Waals surface area (Å²) in [7, 11) is 0. The first-order valence-corrected chi connectivity index (χ1v) is 12.1. The Hall–Kier alpha value is -3.83. The Morgan fingerprint density at radius 2 is 1.86 bits per heavy atom. The molecule has 2 heterocycles. The maximum absolute atomic E-state index is 12.6. The minimum atomic E-state index is -1.08. The monoisotopic (exact) mass is 527 g/mol. The summed E-state index contributed by atoms with van der Waals surface area (Å²) < 4.78 is 0. The van der Waals surface area contributed by atoms with Crippen molar-refractivity contribution in [2.75, 3.05) is 5.32 Å². The first-order chi connectivity index (χ1) is 17.1. The van der Waals surface area contributed by atoms with Gasteiger partial charge in [0.05, 0.1) is 0 Å². The van der Waals surface area contributed by atoms with E-state index in [-0.39, 0.29) is 23.1 Å². The van der Waals surface area contributed by atoms with Gasteiger partial charge in [-0.3, -0.25) is 24.4 Å². The molecule has 10 nitrogen and oxygen atoms in total. The predicted molar refractivity (Wildman–Crippen MR) is 139 cm³/mol. The highest BCUT2D eigenvalue weighted by Gasteiger charge is 2.34. The maximum Gasteiger partial charge on any atom is 0.328 e. The zero-order valence-electron chi connectivity index (χ0n) is 19.2. The number of aromatic amines is 2. The lowest BCUT2D eigenvalue weighted by Gasteiger charge is -2.14. The summed E-state index contributed by atoms with van der Waals surface area (Å²) in [6.07, 6.45) is -0.0982. The quantitative estimate of drug-likeness (QED) is 0.332. The molecule has 5 N–H and O–H groups in total. The molecule has 0 spiro atoms. The minimum absolute atomic E-state index is 0.0982. The van der Waals surface area contributed by atoms with Crippen LogP contribution in [-0.2, 0) is 9.59 Å². The first-order valence-electron chi connectivity index (χ1n) is 10.8. The predicted octanol–water partition coefficient (Wildman–Crippen LogP) is 2.74. The zero-order chi connectivity index (χ0) is 26.0. The molecule has 0 aliphatic carbocycles. The summed E-state index contributed by atoms with van der Waals surface area (Å²) >= 11 is 7.02. The second-order valence-corrected chi connectivity index (χ2v) is 9.78. The normalized spacial score (nSPS) is 17.1. The number of thioether (sulfide) groups is 1. The van der Waals surface area contributed by atoms with Crippen LogP contribution in [0.1, 0.15) is 34.7 Å². The fourth-order valence-electron chi connectivity index (χ4n) is 3.66. The average molecular weight is 528 g/mol. The van der Waals surface area contributed by atoms with E-state index < -0.39 is 34.3 Å². The molecule has 3 aromatic rings. The van der Waals surface area contributed by atoms with Crippen LogP contribution in [0.5, 0.6) is 5.88 Å². The van der Waals surface area contributed by atoms with Gasteiger partial charge in [-0.25, -0.2) is 9.79 Å². The number of nitrogens with one attached hydrogen (secondary N) is 4. The van der Waals surface area contributed by atoms with E-state index in [1.165, 1.54) is 0 Å². The van der Waals surface area contributed by atoms with Gasteiger partial charge in [0, 0.05) is 17.1 Å². The van der Waals surface area contributed by atoms with Gasteiger partial charge in [-0.05, 0) is 48.7 Å². The lowest BCUT2D eigenvalue weighted by molar-refractivity contribution is -0.122. The van der Waals surface area contributed by atoms with Crippen molar-refractivity contribution in [3.05, 3.63) is 90.6 Å². The number of rotatable bonds is 6. The number of halogens is 1. The minimum Gasteiger partial charge on any atom is -0.494 e. The van der Waals surface area contributed by atoms with E-state index in [0.717, 1.165) is 22.9 Å². The van der Waals surface area contributed by atoms with Gasteiger partial charge < -0.3 is 15.7 Å². The zero-order valence-corrected chi connectivity index (χ0v) is 20.8.